The number of carbonyl (C=O) groups excluding carboxylic acids is 5. The van der Waals surface area contributed by atoms with Gasteiger partial charge in [-0.05, 0) is 36.8 Å². The number of halogens is 1. The third-order valence-electron chi connectivity index (χ3n) is 6.19. The molecule has 0 aliphatic carbocycles. The van der Waals surface area contributed by atoms with E-state index in [9.17, 15) is 24.0 Å². The number of benzene rings is 2. The maximum atomic E-state index is 13.2. The van der Waals surface area contributed by atoms with Crippen molar-refractivity contribution >= 4 is 52.6 Å². The van der Waals surface area contributed by atoms with Crippen molar-refractivity contribution in [2.45, 2.75) is 25.4 Å². The van der Waals surface area contributed by atoms with Crippen molar-refractivity contribution in [3.05, 3.63) is 58.6 Å². The van der Waals surface area contributed by atoms with Crippen LogP contribution in [-0.2, 0) is 23.9 Å². The summed E-state index contributed by atoms with van der Waals surface area (Å²) in [5.74, 6) is -2.86. The van der Waals surface area contributed by atoms with Crippen LogP contribution in [0.2, 0.25) is 5.02 Å². The molecule has 2 aliphatic heterocycles. The number of rotatable bonds is 6. The molecule has 11 heteroatoms. The smallest absolute Gasteiger partial charge is 0.354 e. The summed E-state index contributed by atoms with van der Waals surface area (Å²) in [6, 6.07) is 11.6. The number of hydrogen-bond acceptors (Lipinski definition) is 6. The van der Waals surface area contributed by atoms with E-state index in [4.69, 9.17) is 16.3 Å². The van der Waals surface area contributed by atoms with Gasteiger partial charge < -0.3 is 20.3 Å². The number of nitrogens with zero attached hydrogens (tertiary/aromatic N) is 2. The minimum absolute atomic E-state index is 0.0320. The fourth-order valence-electron chi connectivity index (χ4n) is 4.30. The van der Waals surface area contributed by atoms with Gasteiger partial charge in [0, 0.05) is 30.6 Å². The van der Waals surface area contributed by atoms with Crippen molar-refractivity contribution < 1.29 is 28.7 Å². The summed E-state index contributed by atoms with van der Waals surface area (Å²) < 4.78 is 5.23. The lowest BCUT2D eigenvalue weighted by atomic mass is 9.97. The van der Waals surface area contributed by atoms with Gasteiger partial charge in [0.1, 0.15) is 0 Å². The highest BCUT2D eigenvalue weighted by molar-refractivity contribution is 6.31. The number of hydrogen-bond donors (Lipinski definition) is 2. The number of likely N-dealkylation sites (N-methyl/N-ethyl adjacent to an activating group) is 1. The van der Waals surface area contributed by atoms with Crippen LogP contribution in [-0.4, -0.2) is 60.4 Å². The highest BCUT2D eigenvalue weighted by Crippen LogP contribution is 2.44. The average Bonchev–Trinajstić information content (AvgIpc) is 3.21. The zero-order chi connectivity index (χ0) is 25.3. The molecule has 35 heavy (non-hydrogen) atoms. The molecule has 1 atom stereocenters. The molecule has 10 nitrogen and oxygen atoms in total. The van der Waals surface area contributed by atoms with Crippen LogP contribution >= 0.6 is 11.6 Å². The predicted molar refractivity (Wildman–Crippen MR) is 127 cm³/mol. The van der Waals surface area contributed by atoms with Crippen molar-refractivity contribution in [2.24, 2.45) is 0 Å². The quantitative estimate of drug-likeness (QED) is 0.586. The molecule has 0 aromatic heterocycles. The zero-order valence-electron chi connectivity index (χ0n) is 19.1. The molecule has 1 unspecified atom stereocenters. The van der Waals surface area contributed by atoms with Crippen molar-refractivity contribution in [3.8, 4) is 0 Å². The number of ether oxygens (including phenoxy) is 1. The molecule has 1 fully saturated rings. The van der Waals surface area contributed by atoms with Gasteiger partial charge in [0.15, 0.2) is 6.61 Å². The molecule has 2 aromatic carbocycles. The Bertz CT molecular complexity index is 1250. The number of nitrogens with one attached hydrogen (secondary N) is 2. The van der Waals surface area contributed by atoms with E-state index in [0.717, 1.165) is 0 Å². The minimum atomic E-state index is -1.68. The topological polar surface area (TPSA) is 125 Å². The molecule has 0 spiro atoms. The molecular formula is C24H23ClN4O6. The maximum Gasteiger partial charge on any atom is 0.354 e. The van der Waals surface area contributed by atoms with E-state index in [0.29, 0.717) is 27.5 Å². The number of amides is 4. The van der Waals surface area contributed by atoms with Crippen LogP contribution < -0.4 is 15.5 Å². The number of esters is 1. The van der Waals surface area contributed by atoms with Gasteiger partial charge in [-0.25, -0.2) is 4.79 Å². The molecule has 4 amide bonds. The standard InChI is InChI=1S/C24H23ClN4O6/c1-14-16(25)7-5-8-17(14)27-19(30)12-26-20(31)13-35-23(34)24-11-10-21(32)29(24)18-9-4-3-6-15(18)22(33)28(24)2/h3-9H,10-13H2,1-2H3,(H,26,31)(H,27,30). The summed E-state index contributed by atoms with van der Waals surface area (Å²) in [5.41, 5.74) is 0.147. The second-order valence-corrected chi connectivity index (χ2v) is 8.65. The van der Waals surface area contributed by atoms with Crippen LogP contribution in [0.15, 0.2) is 42.5 Å². The Morgan fingerprint density at radius 2 is 1.83 bits per heavy atom. The minimum Gasteiger partial charge on any atom is -0.452 e. The van der Waals surface area contributed by atoms with Gasteiger partial charge in [0.25, 0.3) is 11.8 Å². The molecule has 4 rings (SSSR count). The van der Waals surface area contributed by atoms with Crippen molar-refractivity contribution in [1.29, 1.82) is 0 Å². The monoisotopic (exact) mass is 498 g/mol. The molecule has 1 saturated heterocycles. The summed E-state index contributed by atoms with van der Waals surface area (Å²) in [5, 5.41) is 5.51. The summed E-state index contributed by atoms with van der Waals surface area (Å²) in [7, 11) is 1.42. The van der Waals surface area contributed by atoms with Crippen LogP contribution in [0.1, 0.15) is 28.8 Å². The van der Waals surface area contributed by atoms with Crippen LogP contribution in [0.25, 0.3) is 0 Å². The first-order valence-electron chi connectivity index (χ1n) is 10.9. The van der Waals surface area contributed by atoms with E-state index >= 15 is 0 Å². The molecule has 182 valence electrons. The average molecular weight is 499 g/mol. The summed E-state index contributed by atoms with van der Waals surface area (Å²) >= 11 is 6.04. The van der Waals surface area contributed by atoms with E-state index in [-0.39, 0.29) is 25.3 Å². The summed E-state index contributed by atoms with van der Waals surface area (Å²) in [4.78, 5) is 65.7. The molecule has 0 bridgehead atoms. The van der Waals surface area contributed by atoms with Gasteiger partial charge in [-0.15, -0.1) is 0 Å². The maximum absolute atomic E-state index is 13.2. The van der Waals surface area contributed by atoms with Gasteiger partial charge in [-0.2, -0.15) is 0 Å². The molecule has 2 N–H and O–H groups in total. The molecule has 0 saturated carbocycles. The van der Waals surface area contributed by atoms with Crippen molar-refractivity contribution in [1.82, 2.24) is 10.2 Å². The normalized spacial score (nSPS) is 18.6. The third kappa shape index (κ3) is 4.21. The molecule has 2 aliphatic rings. The molecule has 2 heterocycles. The van der Waals surface area contributed by atoms with Crippen molar-refractivity contribution in [3.63, 3.8) is 0 Å². The Balaban J connectivity index is 1.39. The molecular weight excluding hydrogens is 476 g/mol. The highest BCUT2D eigenvalue weighted by Gasteiger charge is 2.60. The first kappa shape index (κ1) is 24.2. The van der Waals surface area contributed by atoms with Crippen LogP contribution in [0, 0.1) is 6.92 Å². The summed E-state index contributed by atoms with van der Waals surface area (Å²) in [6.45, 7) is 0.706. The lowest BCUT2D eigenvalue weighted by Gasteiger charge is -2.46. The second kappa shape index (κ2) is 9.38. The van der Waals surface area contributed by atoms with Gasteiger partial charge >= 0.3 is 5.97 Å². The van der Waals surface area contributed by atoms with Crippen LogP contribution in [0.5, 0.6) is 0 Å². The van der Waals surface area contributed by atoms with Crippen LogP contribution in [0.3, 0.4) is 0 Å². The first-order valence-corrected chi connectivity index (χ1v) is 11.2. The van der Waals surface area contributed by atoms with Gasteiger partial charge in [-0.3, -0.25) is 24.1 Å². The Morgan fingerprint density at radius 1 is 1.09 bits per heavy atom. The fraction of sp³-hybridized carbons (Fsp3) is 0.292. The Hall–Kier alpha value is -3.92. The van der Waals surface area contributed by atoms with Gasteiger partial charge in [0.05, 0.1) is 17.8 Å². The Labute approximate surface area is 206 Å². The second-order valence-electron chi connectivity index (χ2n) is 8.24. The number of fused-ring (bicyclic) bond motifs is 3. The van der Waals surface area contributed by atoms with E-state index in [1.165, 1.54) is 16.8 Å². The molecule has 2 aromatic rings. The van der Waals surface area contributed by atoms with Gasteiger partial charge in [0.2, 0.25) is 17.5 Å². The Kier molecular flexibility index (Phi) is 6.49. The molecule has 0 radical (unpaired) electrons. The fourth-order valence-corrected chi connectivity index (χ4v) is 4.48. The highest BCUT2D eigenvalue weighted by atomic mass is 35.5. The Morgan fingerprint density at radius 3 is 2.60 bits per heavy atom. The number of anilines is 2. The predicted octanol–water partition coefficient (Wildman–Crippen LogP) is 1.86. The van der Waals surface area contributed by atoms with Crippen molar-refractivity contribution in [2.75, 3.05) is 30.4 Å². The van der Waals surface area contributed by atoms with E-state index in [1.54, 1.807) is 49.4 Å². The first-order chi connectivity index (χ1) is 16.7. The third-order valence-corrected chi connectivity index (χ3v) is 6.60. The lowest BCUT2D eigenvalue weighted by Crippen LogP contribution is -2.67. The van der Waals surface area contributed by atoms with E-state index < -0.39 is 36.0 Å². The largest absolute Gasteiger partial charge is 0.452 e. The zero-order valence-corrected chi connectivity index (χ0v) is 19.8. The van der Waals surface area contributed by atoms with E-state index in [1.807, 2.05) is 0 Å². The van der Waals surface area contributed by atoms with Gasteiger partial charge in [-0.1, -0.05) is 29.8 Å². The van der Waals surface area contributed by atoms with Crippen LogP contribution in [0.4, 0.5) is 11.4 Å². The number of carbonyl (C=O) groups is 5. The van der Waals surface area contributed by atoms with E-state index in [2.05, 4.69) is 10.6 Å². The SMILES string of the molecule is Cc1c(Cl)cccc1NC(=O)CNC(=O)COC(=O)C12CCC(=O)N1c1ccccc1C(=O)N2C. The number of para-hydroxylation sites is 1. The lowest BCUT2D eigenvalue weighted by molar-refractivity contribution is -0.159. The summed E-state index contributed by atoms with van der Waals surface area (Å²) in [6.07, 6.45) is 0.0700.